The summed E-state index contributed by atoms with van der Waals surface area (Å²) in [5.41, 5.74) is 0.916. The van der Waals surface area contributed by atoms with E-state index in [0.29, 0.717) is 12.1 Å². The summed E-state index contributed by atoms with van der Waals surface area (Å²) in [6.45, 7) is 5.54. The summed E-state index contributed by atoms with van der Waals surface area (Å²) in [6, 6.07) is 15.1. The first-order chi connectivity index (χ1) is 13.1. The molecule has 1 heterocycles. The van der Waals surface area contributed by atoms with Gasteiger partial charge in [0.25, 0.3) is 0 Å². The minimum absolute atomic E-state index is 0.257. The van der Waals surface area contributed by atoms with Gasteiger partial charge in [0, 0.05) is 12.0 Å². The maximum absolute atomic E-state index is 13.0. The monoisotopic (exact) mass is 402 g/mol. The molecule has 28 heavy (non-hydrogen) atoms. The Bertz CT molecular complexity index is 957. The van der Waals surface area contributed by atoms with Crippen molar-refractivity contribution in [3.8, 4) is 5.75 Å². The number of carbonyl (C=O) groups excluding carboxylic acids is 1. The summed E-state index contributed by atoms with van der Waals surface area (Å²) in [7, 11) is -3.64. The Balaban J connectivity index is 1.87. The van der Waals surface area contributed by atoms with Gasteiger partial charge in [0.2, 0.25) is 15.9 Å². The van der Waals surface area contributed by atoms with Gasteiger partial charge in [-0.25, -0.2) is 8.42 Å². The molecule has 2 atom stereocenters. The number of amides is 1. The number of hydrogen-bond donors (Lipinski definition) is 1. The first-order valence-electron chi connectivity index (χ1n) is 9.21. The van der Waals surface area contributed by atoms with E-state index < -0.39 is 21.7 Å². The lowest BCUT2D eigenvalue weighted by Crippen LogP contribution is -2.50. The molecule has 2 aromatic carbocycles. The van der Waals surface area contributed by atoms with Crippen LogP contribution < -0.4 is 14.4 Å². The Morgan fingerprint density at radius 1 is 1.14 bits per heavy atom. The standard InChI is InChI=1S/C21H26N2O4S/c1-15(23(28(4,25)26)16-10-6-5-7-11-16)20(24)22-18-14-21(2,3)27-19-13-9-8-12-17(18)19/h5-13,15,18H,14H2,1-4H3,(H,22,24)/t15-,18-/m1/s1. The largest absolute Gasteiger partial charge is 0.487 e. The van der Waals surface area contributed by atoms with Gasteiger partial charge in [0.1, 0.15) is 17.4 Å². The van der Waals surface area contributed by atoms with Crippen molar-refractivity contribution < 1.29 is 17.9 Å². The van der Waals surface area contributed by atoms with Crippen LogP contribution in [0.3, 0.4) is 0 Å². The van der Waals surface area contributed by atoms with Crippen LogP contribution in [0, 0.1) is 0 Å². The van der Waals surface area contributed by atoms with Gasteiger partial charge < -0.3 is 10.1 Å². The lowest BCUT2D eigenvalue weighted by molar-refractivity contribution is -0.123. The molecule has 7 heteroatoms. The predicted octanol–water partition coefficient (Wildman–Crippen LogP) is 3.26. The molecular formula is C21H26N2O4S. The Kier molecular flexibility index (Phi) is 5.39. The van der Waals surface area contributed by atoms with Crippen molar-refractivity contribution >= 4 is 21.6 Å². The lowest BCUT2D eigenvalue weighted by Gasteiger charge is -2.38. The molecule has 1 aliphatic rings. The first kappa shape index (κ1) is 20.2. The van der Waals surface area contributed by atoms with Gasteiger partial charge in [0.15, 0.2) is 0 Å². The highest BCUT2D eigenvalue weighted by atomic mass is 32.2. The van der Waals surface area contributed by atoms with Gasteiger partial charge >= 0.3 is 0 Å². The summed E-state index contributed by atoms with van der Waals surface area (Å²) in [4.78, 5) is 13.0. The van der Waals surface area contributed by atoms with E-state index in [9.17, 15) is 13.2 Å². The number of hydrogen-bond acceptors (Lipinski definition) is 4. The second kappa shape index (κ2) is 7.47. The summed E-state index contributed by atoms with van der Waals surface area (Å²) >= 11 is 0. The number of carbonyl (C=O) groups is 1. The van der Waals surface area contributed by atoms with E-state index in [4.69, 9.17) is 4.74 Å². The lowest BCUT2D eigenvalue weighted by atomic mass is 9.89. The smallest absolute Gasteiger partial charge is 0.244 e. The average molecular weight is 403 g/mol. The zero-order valence-electron chi connectivity index (χ0n) is 16.5. The number of nitrogens with zero attached hydrogens (tertiary/aromatic N) is 1. The highest BCUT2D eigenvalue weighted by Gasteiger charge is 2.36. The maximum Gasteiger partial charge on any atom is 0.244 e. The van der Waals surface area contributed by atoms with Crippen molar-refractivity contribution in [1.29, 1.82) is 0 Å². The number of nitrogens with one attached hydrogen (secondary N) is 1. The predicted molar refractivity (Wildman–Crippen MR) is 110 cm³/mol. The van der Waals surface area contributed by atoms with Gasteiger partial charge in [-0.3, -0.25) is 9.10 Å². The summed E-state index contributed by atoms with van der Waals surface area (Å²) in [5, 5.41) is 3.03. The van der Waals surface area contributed by atoms with Crippen molar-refractivity contribution in [2.24, 2.45) is 0 Å². The summed E-state index contributed by atoms with van der Waals surface area (Å²) in [6.07, 6.45) is 1.70. The van der Waals surface area contributed by atoms with Crippen molar-refractivity contribution in [2.75, 3.05) is 10.6 Å². The van der Waals surface area contributed by atoms with Crippen LogP contribution >= 0.6 is 0 Å². The topological polar surface area (TPSA) is 75.7 Å². The quantitative estimate of drug-likeness (QED) is 0.833. The number of rotatable bonds is 5. The van der Waals surface area contributed by atoms with Gasteiger partial charge in [-0.15, -0.1) is 0 Å². The molecule has 0 bridgehead atoms. The SMILES string of the molecule is C[C@H](C(=O)N[C@@H]1CC(C)(C)Oc2ccccc21)N(c1ccccc1)S(C)(=O)=O. The molecule has 1 aliphatic heterocycles. The normalized spacial score (nSPS) is 19.1. The van der Waals surface area contributed by atoms with Crippen LogP contribution in [0.25, 0.3) is 0 Å². The minimum Gasteiger partial charge on any atom is -0.487 e. The summed E-state index contributed by atoms with van der Waals surface area (Å²) in [5.74, 6) is 0.381. The van der Waals surface area contributed by atoms with Crippen LogP contribution in [-0.2, 0) is 14.8 Å². The highest BCUT2D eigenvalue weighted by Crippen LogP contribution is 2.39. The molecule has 0 aromatic heterocycles. The van der Waals surface area contributed by atoms with Crippen LogP contribution in [0.4, 0.5) is 5.69 Å². The van der Waals surface area contributed by atoms with Crippen LogP contribution in [0.2, 0.25) is 0 Å². The third kappa shape index (κ3) is 4.30. The molecule has 0 saturated carbocycles. The number of fused-ring (bicyclic) bond motifs is 1. The van der Waals surface area contributed by atoms with E-state index >= 15 is 0 Å². The van der Waals surface area contributed by atoms with E-state index in [1.54, 1.807) is 37.3 Å². The third-order valence-corrected chi connectivity index (χ3v) is 6.03. The van der Waals surface area contributed by atoms with E-state index in [2.05, 4.69) is 5.32 Å². The average Bonchev–Trinajstić information content (AvgIpc) is 2.60. The molecule has 0 saturated heterocycles. The second-order valence-electron chi connectivity index (χ2n) is 7.74. The first-order valence-corrected chi connectivity index (χ1v) is 11.1. The highest BCUT2D eigenvalue weighted by molar-refractivity contribution is 7.92. The molecule has 150 valence electrons. The van der Waals surface area contributed by atoms with Crippen LogP contribution in [0.15, 0.2) is 54.6 Å². The molecule has 0 fully saturated rings. The van der Waals surface area contributed by atoms with Crippen LogP contribution in [-0.4, -0.2) is 32.2 Å². The van der Waals surface area contributed by atoms with Gasteiger partial charge in [-0.1, -0.05) is 36.4 Å². The Labute approximate surface area is 166 Å². The van der Waals surface area contributed by atoms with Crippen molar-refractivity contribution in [2.45, 2.75) is 44.9 Å². The van der Waals surface area contributed by atoms with Crippen LogP contribution in [0.1, 0.15) is 38.8 Å². The van der Waals surface area contributed by atoms with Crippen molar-refractivity contribution in [3.63, 3.8) is 0 Å². The number of benzene rings is 2. The molecule has 2 aromatic rings. The molecular weight excluding hydrogens is 376 g/mol. The Morgan fingerprint density at radius 3 is 2.39 bits per heavy atom. The molecule has 1 amide bonds. The number of para-hydroxylation sites is 2. The molecule has 6 nitrogen and oxygen atoms in total. The van der Waals surface area contributed by atoms with Crippen molar-refractivity contribution in [3.05, 3.63) is 60.2 Å². The molecule has 1 N–H and O–H groups in total. The Morgan fingerprint density at radius 2 is 1.75 bits per heavy atom. The zero-order valence-corrected chi connectivity index (χ0v) is 17.4. The molecule has 3 rings (SSSR count). The fourth-order valence-corrected chi connectivity index (χ4v) is 4.78. The van der Waals surface area contributed by atoms with E-state index in [-0.39, 0.29) is 11.9 Å². The second-order valence-corrected chi connectivity index (χ2v) is 9.59. The number of anilines is 1. The number of ether oxygens (including phenoxy) is 1. The van der Waals surface area contributed by atoms with Crippen LogP contribution in [0.5, 0.6) is 5.75 Å². The molecule has 0 aliphatic carbocycles. The number of sulfonamides is 1. The molecule has 0 spiro atoms. The summed E-state index contributed by atoms with van der Waals surface area (Å²) < 4.78 is 32.0. The maximum atomic E-state index is 13.0. The Hall–Kier alpha value is -2.54. The minimum atomic E-state index is -3.64. The van der Waals surface area contributed by atoms with Gasteiger partial charge in [-0.2, -0.15) is 0 Å². The third-order valence-electron chi connectivity index (χ3n) is 4.79. The van der Waals surface area contributed by atoms with Gasteiger partial charge in [0.05, 0.1) is 18.0 Å². The van der Waals surface area contributed by atoms with E-state index in [0.717, 1.165) is 21.9 Å². The van der Waals surface area contributed by atoms with E-state index in [1.807, 2.05) is 38.1 Å². The molecule has 0 radical (unpaired) electrons. The molecule has 0 unspecified atom stereocenters. The van der Waals surface area contributed by atoms with Crippen molar-refractivity contribution in [1.82, 2.24) is 5.32 Å². The zero-order chi connectivity index (χ0) is 20.5. The van der Waals surface area contributed by atoms with Gasteiger partial charge in [-0.05, 0) is 39.0 Å². The van der Waals surface area contributed by atoms with E-state index in [1.165, 1.54) is 0 Å². The fourth-order valence-electron chi connectivity index (χ4n) is 3.61. The fraction of sp³-hybridized carbons (Fsp3) is 0.381.